The zero-order valence-corrected chi connectivity index (χ0v) is 15.6. The highest BCUT2D eigenvalue weighted by Gasteiger charge is 2.29. The number of benzene rings is 3. The summed E-state index contributed by atoms with van der Waals surface area (Å²) in [7, 11) is -2.19. The van der Waals surface area contributed by atoms with Crippen LogP contribution in [0.15, 0.2) is 77.7 Å². The molecule has 3 rings (SSSR count). The number of alkyl halides is 3. The number of sulfonamides is 1. The lowest BCUT2D eigenvalue weighted by molar-refractivity contribution is -0.137. The quantitative estimate of drug-likeness (QED) is 0.625. The molecule has 0 unspecified atom stereocenters. The number of anilines is 2. The predicted molar refractivity (Wildman–Crippen MR) is 103 cm³/mol. The molecule has 8 heteroatoms. The van der Waals surface area contributed by atoms with E-state index >= 15 is 0 Å². The van der Waals surface area contributed by atoms with Gasteiger partial charge in [0.2, 0.25) is 10.0 Å². The van der Waals surface area contributed by atoms with Crippen LogP contribution in [0.2, 0.25) is 0 Å². The first-order valence-corrected chi connectivity index (χ1v) is 9.76. The lowest BCUT2D eigenvalue weighted by Crippen LogP contribution is -2.18. The molecule has 2 N–H and O–H groups in total. The van der Waals surface area contributed by atoms with Gasteiger partial charge in [0.05, 0.1) is 10.5 Å². The van der Waals surface area contributed by atoms with Crippen LogP contribution < -0.4 is 10.0 Å². The Bertz CT molecular complexity index is 1060. The van der Waals surface area contributed by atoms with E-state index in [1.807, 2.05) is 12.1 Å². The van der Waals surface area contributed by atoms with Gasteiger partial charge in [0.25, 0.3) is 0 Å². The average molecular weight is 406 g/mol. The van der Waals surface area contributed by atoms with Crippen molar-refractivity contribution >= 4 is 21.4 Å². The van der Waals surface area contributed by atoms with E-state index in [1.165, 1.54) is 31.3 Å². The smallest absolute Gasteiger partial charge is 0.355 e. The molecule has 3 aromatic carbocycles. The molecule has 0 aliphatic carbocycles. The molecule has 0 fully saturated rings. The molecule has 0 heterocycles. The van der Waals surface area contributed by atoms with Gasteiger partial charge in [0, 0.05) is 16.9 Å². The van der Waals surface area contributed by atoms with Crippen LogP contribution in [0.3, 0.4) is 0 Å². The van der Waals surface area contributed by atoms with Gasteiger partial charge in [-0.25, -0.2) is 13.1 Å². The first-order chi connectivity index (χ1) is 13.2. The van der Waals surface area contributed by atoms with Crippen molar-refractivity contribution in [3.63, 3.8) is 0 Å². The first-order valence-electron chi connectivity index (χ1n) is 8.28. The largest absolute Gasteiger partial charge is 0.416 e. The summed E-state index contributed by atoms with van der Waals surface area (Å²) in [5.74, 6) is 0. The zero-order chi connectivity index (χ0) is 20.4. The van der Waals surface area contributed by atoms with Crippen LogP contribution in [0.1, 0.15) is 5.56 Å². The highest BCUT2D eigenvalue weighted by molar-refractivity contribution is 7.89. The van der Waals surface area contributed by atoms with Crippen LogP contribution in [0.4, 0.5) is 24.5 Å². The molecule has 28 heavy (non-hydrogen) atoms. The van der Waals surface area contributed by atoms with Crippen LogP contribution in [-0.4, -0.2) is 15.5 Å². The van der Waals surface area contributed by atoms with Crippen LogP contribution in [0.5, 0.6) is 0 Å². The van der Waals surface area contributed by atoms with Crippen LogP contribution in [-0.2, 0) is 16.2 Å². The summed E-state index contributed by atoms with van der Waals surface area (Å²) in [6.45, 7) is 0. The molecular formula is C20H17F3N2O2S. The van der Waals surface area contributed by atoms with Gasteiger partial charge < -0.3 is 5.32 Å². The molecule has 3 aromatic rings. The normalized spacial score (nSPS) is 12.0. The molecule has 0 aliphatic rings. The van der Waals surface area contributed by atoms with E-state index in [9.17, 15) is 21.6 Å². The molecule has 4 nitrogen and oxygen atoms in total. The summed E-state index contributed by atoms with van der Waals surface area (Å²) in [4.78, 5) is 0.145. The van der Waals surface area contributed by atoms with Crippen molar-refractivity contribution in [1.29, 1.82) is 0 Å². The summed E-state index contributed by atoms with van der Waals surface area (Å²) in [6.07, 6.45) is -4.38. The number of rotatable bonds is 5. The molecule has 0 amide bonds. The van der Waals surface area contributed by atoms with Crippen molar-refractivity contribution in [1.82, 2.24) is 4.72 Å². The van der Waals surface area contributed by atoms with Crippen LogP contribution >= 0.6 is 0 Å². The number of hydrogen-bond acceptors (Lipinski definition) is 3. The Morgan fingerprint density at radius 1 is 0.821 bits per heavy atom. The third kappa shape index (κ3) is 4.35. The van der Waals surface area contributed by atoms with Crippen molar-refractivity contribution in [3.8, 4) is 11.1 Å². The fourth-order valence-electron chi connectivity index (χ4n) is 2.67. The molecule has 0 radical (unpaired) electrons. The van der Waals surface area contributed by atoms with E-state index in [-0.39, 0.29) is 4.90 Å². The number of hydrogen-bond donors (Lipinski definition) is 2. The third-order valence-electron chi connectivity index (χ3n) is 4.16. The average Bonchev–Trinajstić information content (AvgIpc) is 2.68. The lowest BCUT2D eigenvalue weighted by atomic mass is 10.0. The SMILES string of the molecule is CNS(=O)(=O)c1ccc(-c2ccccc2Nc2ccc(C(F)(F)F)cc2)cc1. The number of nitrogens with one attached hydrogen (secondary N) is 2. The maximum absolute atomic E-state index is 12.7. The summed E-state index contributed by atoms with van der Waals surface area (Å²) >= 11 is 0. The molecule has 146 valence electrons. The Hall–Kier alpha value is -2.84. The van der Waals surface area contributed by atoms with E-state index < -0.39 is 21.8 Å². The Kier molecular flexibility index (Phi) is 5.44. The monoisotopic (exact) mass is 406 g/mol. The highest BCUT2D eigenvalue weighted by Crippen LogP contribution is 2.33. The lowest BCUT2D eigenvalue weighted by Gasteiger charge is -2.14. The van der Waals surface area contributed by atoms with Gasteiger partial charge in [-0.2, -0.15) is 13.2 Å². The minimum absolute atomic E-state index is 0.145. The van der Waals surface area contributed by atoms with Gasteiger partial charge in [0.15, 0.2) is 0 Å². The van der Waals surface area contributed by atoms with E-state index in [0.29, 0.717) is 11.4 Å². The molecule has 0 atom stereocenters. The highest BCUT2D eigenvalue weighted by atomic mass is 32.2. The van der Waals surface area contributed by atoms with Crippen molar-refractivity contribution in [2.24, 2.45) is 0 Å². The van der Waals surface area contributed by atoms with Gasteiger partial charge in [-0.3, -0.25) is 0 Å². The van der Waals surface area contributed by atoms with E-state index in [4.69, 9.17) is 0 Å². The first kappa shape index (κ1) is 19.9. The van der Waals surface area contributed by atoms with Gasteiger partial charge in [0.1, 0.15) is 0 Å². The van der Waals surface area contributed by atoms with Crippen LogP contribution in [0.25, 0.3) is 11.1 Å². The Labute approximate surface area is 161 Å². The van der Waals surface area contributed by atoms with Gasteiger partial charge in [-0.1, -0.05) is 30.3 Å². The fraction of sp³-hybridized carbons (Fsp3) is 0.100. The predicted octanol–water partition coefficient (Wildman–Crippen LogP) is 5.02. The van der Waals surface area contributed by atoms with E-state index in [1.54, 1.807) is 24.3 Å². The maximum atomic E-state index is 12.7. The minimum Gasteiger partial charge on any atom is -0.355 e. The molecule has 0 spiro atoms. The second-order valence-corrected chi connectivity index (χ2v) is 7.86. The number of para-hydroxylation sites is 1. The van der Waals surface area contributed by atoms with Crippen molar-refractivity contribution in [3.05, 3.63) is 78.4 Å². The molecule has 0 saturated heterocycles. The van der Waals surface area contributed by atoms with Crippen LogP contribution in [0, 0.1) is 0 Å². The van der Waals surface area contributed by atoms with Gasteiger partial charge in [-0.05, 0) is 55.1 Å². The second-order valence-electron chi connectivity index (χ2n) is 5.98. The zero-order valence-electron chi connectivity index (χ0n) is 14.8. The maximum Gasteiger partial charge on any atom is 0.416 e. The minimum atomic E-state index is -4.38. The van der Waals surface area contributed by atoms with Gasteiger partial charge in [-0.15, -0.1) is 0 Å². The topological polar surface area (TPSA) is 58.2 Å². The summed E-state index contributed by atoms with van der Waals surface area (Å²) in [5.41, 5.74) is 2.04. The Balaban J connectivity index is 1.90. The van der Waals surface area contributed by atoms with E-state index in [0.717, 1.165) is 23.3 Å². The fourth-order valence-corrected chi connectivity index (χ4v) is 3.40. The van der Waals surface area contributed by atoms with Gasteiger partial charge >= 0.3 is 6.18 Å². The summed E-state index contributed by atoms with van der Waals surface area (Å²) in [5, 5.41) is 3.11. The second kappa shape index (κ2) is 7.65. The molecule has 0 bridgehead atoms. The molecule has 0 aliphatic heterocycles. The van der Waals surface area contributed by atoms with E-state index in [2.05, 4.69) is 10.0 Å². The molecular weight excluding hydrogens is 389 g/mol. The van der Waals surface area contributed by atoms with Crippen molar-refractivity contribution in [2.75, 3.05) is 12.4 Å². The Morgan fingerprint density at radius 2 is 1.43 bits per heavy atom. The summed E-state index contributed by atoms with van der Waals surface area (Å²) in [6, 6.07) is 18.4. The third-order valence-corrected chi connectivity index (χ3v) is 5.59. The van der Waals surface area contributed by atoms with Crippen molar-refractivity contribution in [2.45, 2.75) is 11.1 Å². The van der Waals surface area contributed by atoms with Crippen molar-refractivity contribution < 1.29 is 21.6 Å². The molecule has 0 saturated carbocycles. The standard InChI is InChI=1S/C20H17F3N2O2S/c1-24-28(26,27)17-12-6-14(7-13-17)18-4-2-3-5-19(18)25-16-10-8-15(9-11-16)20(21,22)23/h2-13,24-25H,1H3. The summed E-state index contributed by atoms with van der Waals surface area (Å²) < 4.78 is 64.1. The number of halogens is 3. The Morgan fingerprint density at radius 3 is 2.00 bits per heavy atom. The molecule has 0 aromatic heterocycles.